The Morgan fingerprint density at radius 2 is 2.00 bits per heavy atom. The SMILES string of the molecule is C[C@H](Oc1nc(N2CCCC3(CN(C(=O)[C@@H]4C[C@H]4C#N)C3)C2)c2cc(Cl)c(-c3ccc(F)c4sc(N)c(C#N)c34)c(F)c2n1)C1CCCN1C. The van der Waals surface area contributed by atoms with Crippen molar-refractivity contribution in [3.8, 4) is 29.3 Å². The van der Waals surface area contributed by atoms with Gasteiger partial charge in [-0.25, -0.2) is 8.78 Å². The lowest BCUT2D eigenvalue weighted by Crippen LogP contribution is -2.64. The molecule has 14 heteroatoms. The molecule has 4 aromatic rings. The maximum Gasteiger partial charge on any atom is 0.319 e. The van der Waals surface area contributed by atoms with Crippen LogP contribution in [0, 0.1) is 51.5 Å². The topological polar surface area (TPSA) is 135 Å². The van der Waals surface area contributed by atoms with E-state index in [0.717, 1.165) is 43.6 Å². The van der Waals surface area contributed by atoms with Crippen LogP contribution in [0.15, 0.2) is 18.2 Å². The number of aromatic nitrogens is 2. The lowest BCUT2D eigenvalue weighted by Gasteiger charge is -2.55. The molecular weight excluding hydrogens is 682 g/mol. The average molecular weight is 717 g/mol. The van der Waals surface area contributed by atoms with Crippen LogP contribution in [0.3, 0.4) is 0 Å². The molecule has 4 aliphatic rings. The molecular formula is C36H35ClF2N8O2S. The van der Waals surface area contributed by atoms with E-state index in [1.165, 1.54) is 12.1 Å². The van der Waals surface area contributed by atoms with Crippen LogP contribution in [0.25, 0.3) is 32.1 Å². The first-order chi connectivity index (χ1) is 24.0. The van der Waals surface area contributed by atoms with Gasteiger partial charge >= 0.3 is 6.01 Å². The Morgan fingerprint density at radius 3 is 2.70 bits per heavy atom. The maximum absolute atomic E-state index is 17.1. The van der Waals surface area contributed by atoms with Crippen molar-refractivity contribution < 1.29 is 18.3 Å². The van der Waals surface area contributed by atoms with Gasteiger partial charge in [-0.05, 0) is 70.3 Å². The molecule has 4 fully saturated rings. The molecule has 1 amide bonds. The number of fused-ring (bicyclic) bond motifs is 2. The van der Waals surface area contributed by atoms with Gasteiger partial charge in [-0.1, -0.05) is 17.7 Å². The molecule has 3 aliphatic heterocycles. The standard InChI is InChI=1S/C36H35ClF2N8O2S/c1-18(26-5-3-9-45(26)2)49-35-43-30-22(12-24(37)28(29(30)39)20-6-7-25(38)31-27(20)23(14-41)32(42)50-31)33(44-35)46-10-4-8-36(15-46)16-47(17-36)34(48)21-11-19(21)13-40/h6-7,12,18-19,21,26H,3-5,8-11,15-17,42H2,1-2H3/t18-,19-,21+,26?/m0/s1. The van der Waals surface area contributed by atoms with Gasteiger partial charge in [0.25, 0.3) is 0 Å². The number of likely N-dealkylation sites (tertiary alicyclic amines) is 2. The molecule has 1 spiro atoms. The Morgan fingerprint density at radius 1 is 1.20 bits per heavy atom. The van der Waals surface area contributed by atoms with Gasteiger partial charge < -0.3 is 20.3 Å². The first kappa shape index (κ1) is 32.9. The molecule has 1 aliphatic carbocycles. The van der Waals surface area contributed by atoms with Crippen LogP contribution < -0.4 is 15.4 Å². The molecule has 5 heterocycles. The predicted molar refractivity (Wildman–Crippen MR) is 188 cm³/mol. The zero-order valence-corrected chi connectivity index (χ0v) is 29.3. The van der Waals surface area contributed by atoms with Crippen molar-refractivity contribution in [1.29, 1.82) is 10.5 Å². The number of halogens is 3. The zero-order valence-electron chi connectivity index (χ0n) is 27.7. The van der Waals surface area contributed by atoms with Gasteiger partial charge in [0.15, 0.2) is 5.82 Å². The number of carbonyl (C=O) groups excluding carboxylic acids is 1. The highest BCUT2D eigenvalue weighted by atomic mass is 35.5. The minimum atomic E-state index is -0.739. The number of benzene rings is 2. The molecule has 50 heavy (non-hydrogen) atoms. The van der Waals surface area contributed by atoms with E-state index in [1.54, 1.807) is 6.07 Å². The number of piperidine rings is 1. The van der Waals surface area contributed by atoms with Crippen LogP contribution in [0.1, 0.15) is 44.6 Å². The fraction of sp³-hybridized carbons (Fsp3) is 0.472. The van der Waals surface area contributed by atoms with E-state index in [4.69, 9.17) is 27.1 Å². The van der Waals surface area contributed by atoms with Crippen LogP contribution in [0.4, 0.5) is 19.6 Å². The van der Waals surface area contributed by atoms with Gasteiger partial charge in [0.05, 0.1) is 33.2 Å². The van der Waals surface area contributed by atoms with E-state index < -0.39 is 11.6 Å². The van der Waals surface area contributed by atoms with Gasteiger partial charge in [0.1, 0.15) is 34.3 Å². The molecule has 0 radical (unpaired) electrons. The fourth-order valence-corrected chi connectivity index (χ4v) is 9.64. The van der Waals surface area contributed by atoms with Crippen LogP contribution in [-0.4, -0.2) is 77.6 Å². The smallest absolute Gasteiger partial charge is 0.319 e. The number of carbonyl (C=O) groups is 1. The Balaban J connectivity index is 1.21. The van der Waals surface area contributed by atoms with Crippen LogP contribution in [-0.2, 0) is 4.79 Å². The summed E-state index contributed by atoms with van der Waals surface area (Å²) in [6.45, 7) is 5.36. The molecule has 3 saturated heterocycles. The van der Waals surface area contributed by atoms with Crippen LogP contribution in [0.5, 0.6) is 6.01 Å². The predicted octanol–water partition coefficient (Wildman–Crippen LogP) is 6.35. The van der Waals surface area contributed by atoms with Gasteiger partial charge in [-0.3, -0.25) is 9.69 Å². The number of anilines is 2. The molecule has 0 bridgehead atoms. The summed E-state index contributed by atoms with van der Waals surface area (Å²) in [7, 11) is 2.05. The van der Waals surface area contributed by atoms with Gasteiger partial charge in [0, 0.05) is 54.0 Å². The lowest BCUT2D eigenvalue weighted by molar-refractivity contribution is -0.145. The normalized spacial score (nSPS) is 23.5. The number of likely N-dealkylation sites (N-methyl/N-ethyl adjacent to an activating group) is 1. The lowest BCUT2D eigenvalue weighted by atomic mass is 9.73. The quantitative estimate of drug-likeness (QED) is 0.242. The third-order valence-electron chi connectivity index (χ3n) is 11.1. The van der Waals surface area contributed by atoms with Gasteiger partial charge in [0.2, 0.25) is 5.91 Å². The summed E-state index contributed by atoms with van der Waals surface area (Å²) < 4.78 is 38.6. The number of amides is 1. The Labute approximate surface area is 297 Å². The first-order valence-corrected chi connectivity index (χ1v) is 18.1. The fourth-order valence-electron chi connectivity index (χ4n) is 8.39. The molecule has 2 aromatic carbocycles. The molecule has 4 atom stereocenters. The Hall–Kier alpha value is -4.30. The third kappa shape index (κ3) is 5.29. The summed E-state index contributed by atoms with van der Waals surface area (Å²) in [6.07, 6.45) is 4.14. The van der Waals surface area contributed by atoms with Crippen molar-refractivity contribution in [2.45, 2.75) is 51.2 Å². The Kier molecular flexibility index (Phi) is 8.01. The molecule has 1 saturated carbocycles. The Bertz CT molecular complexity index is 2160. The highest BCUT2D eigenvalue weighted by Crippen LogP contribution is 2.48. The molecule has 2 N–H and O–H groups in total. The first-order valence-electron chi connectivity index (χ1n) is 16.9. The second-order valence-corrected chi connectivity index (χ2v) is 15.8. The van der Waals surface area contributed by atoms with E-state index in [9.17, 15) is 19.7 Å². The number of ether oxygens (including phenoxy) is 1. The number of thiophene rings is 1. The van der Waals surface area contributed by atoms with Crippen molar-refractivity contribution in [2.24, 2.45) is 17.3 Å². The highest BCUT2D eigenvalue weighted by molar-refractivity contribution is 7.23. The summed E-state index contributed by atoms with van der Waals surface area (Å²) >= 11 is 7.84. The minimum absolute atomic E-state index is 0.00289. The van der Waals surface area contributed by atoms with E-state index in [2.05, 4.69) is 27.9 Å². The number of nitrogen functional groups attached to an aromatic ring is 1. The molecule has 2 aromatic heterocycles. The maximum atomic E-state index is 17.1. The number of nitrogens with zero attached hydrogens (tertiary/aromatic N) is 7. The second-order valence-electron chi connectivity index (χ2n) is 14.3. The van der Waals surface area contributed by atoms with Gasteiger partial charge in [-0.15, -0.1) is 11.3 Å². The summed E-state index contributed by atoms with van der Waals surface area (Å²) in [5.41, 5.74) is 6.22. The van der Waals surface area contributed by atoms with Crippen molar-refractivity contribution >= 4 is 60.7 Å². The van der Waals surface area contributed by atoms with Crippen LogP contribution in [0.2, 0.25) is 5.02 Å². The third-order valence-corrected chi connectivity index (χ3v) is 12.4. The highest BCUT2D eigenvalue weighted by Gasteiger charge is 2.53. The summed E-state index contributed by atoms with van der Waals surface area (Å²) in [4.78, 5) is 28.7. The largest absolute Gasteiger partial charge is 0.459 e. The number of hydrogen-bond donors (Lipinski definition) is 1. The number of nitrogens with two attached hydrogens (primary N) is 1. The van der Waals surface area contributed by atoms with E-state index in [1.807, 2.05) is 17.9 Å². The number of hydrogen-bond acceptors (Lipinski definition) is 10. The van der Waals surface area contributed by atoms with E-state index >= 15 is 4.39 Å². The monoisotopic (exact) mass is 716 g/mol. The molecule has 1 unspecified atom stereocenters. The summed E-state index contributed by atoms with van der Waals surface area (Å²) in [5, 5.41) is 19.9. The van der Waals surface area contributed by atoms with Crippen molar-refractivity contribution in [1.82, 2.24) is 19.8 Å². The van der Waals surface area contributed by atoms with E-state index in [-0.39, 0.29) is 83.6 Å². The molecule has 8 rings (SSSR count). The number of nitriles is 2. The van der Waals surface area contributed by atoms with Gasteiger partial charge in [-0.2, -0.15) is 20.5 Å². The summed E-state index contributed by atoms with van der Waals surface area (Å²) in [5.74, 6) is -1.14. The second kappa shape index (κ2) is 12.2. The summed E-state index contributed by atoms with van der Waals surface area (Å²) in [6, 6.07) is 8.70. The van der Waals surface area contributed by atoms with Crippen molar-refractivity contribution in [2.75, 3.05) is 50.4 Å². The van der Waals surface area contributed by atoms with Crippen LogP contribution >= 0.6 is 22.9 Å². The van der Waals surface area contributed by atoms with Crippen molar-refractivity contribution in [3.05, 3.63) is 40.4 Å². The molecule has 258 valence electrons. The minimum Gasteiger partial charge on any atom is -0.459 e. The van der Waals surface area contributed by atoms with Crippen molar-refractivity contribution in [3.63, 3.8) is 0 Å². The molecule has 10 nitrogen and oxygen atoms in total. The zero-order chi connectivity index (χ0) is 35.1. The van der Waals surface area contributed by atoms with E-state index in [0.29, 0.717) is 43.8 Å². The average Bonchev–Trinajstić information content (AvgIpc) is 3.62. The number of rotatable bonds is 6.